The van der Waals surface area contributed by atoms with Crippen LogP contribution in [0.25, 0.3) is 16.7 Å². The second-order valence-electron chi connectivity index (χ2n) is 8.49. The fraction of sp³-hybridized carbons (Fsp3) is 0.208. The Morgan fingerprint density at radius 3 is 2.31 bits per heavy atom. The van der Waals surface area contributed by atoms with Crippen LogP contribution in [0, 0.1) is 16.3 Å². The highest BCUT2D eigenvalue weighted by Crippen LogP contribution is 2.34. The van der Waals surface area contributed by atoms with Gasteiger partial charge in [0.2, 0.25) is 0 Å². The normalized spacial score (nSPS) is 13.8. The lowest BCUT2D eigenvalue weighted by Gasteiger charge is -2.20. The lowest BCUT2D eigenvalue weighted by Crippen LogP contribution is -2.42. The summed E-state index contributed by atoms with van der Waals surface area (Å²) >= 11 is 1.92. The maximum absolute atomic E-state index is 15.1. The number of pyridine rings is 1. The van der Waals surface area contributed by atoms with Crippen LogP contribution < -0.4 is 21.0 Å². The maximum atomic E-state index is 15.1. The van der Waals surface area contributed by atoms with E-state index in [2.05, 4.69) is 0 Å². The number of aryl methyl sites for hydroxylation is 1. The van der Waals surface area contributed by atoms with E-state index >= 15 is 4.39 Å². The van der Waals surface area contributed by atoms with E-state index in [-0.39, 0.29) is 27.2 Å². The smallest absolute Gasteiger partial charge is 0.339 e. The van der Waals surface area contributed by atoms with E-state index in [1.807, 2.05) is 22.6 Å². The van der Waals surface area contributed by atoms with E-state index < -0.39 is 44.5 Å². The van der Waals surface area contributed by atoms with E-state index in [1.165, 1.54) is 50.4 Å². The molecule has 1 fully saturated rings. The summed E-state index contributed by atoms with van der Waals surface area (Å²) in [5, 5.41) is -0.307. The van der Waals surface area contributed by atoms with Gasteiger partial charge in [-0.1, -0.05) is 18.2 Å². The molecule has 2 aromatic carbocycles. The Morgan fingerprint density at radius 2 is 1.69 bits per heavy atom. The standard InChI is InChI=1S/C24H19FIN3O6S/c1-13-20(35-36(33,34)16-6-4-3-5-7-16)19-21(27(2)22(13)30)29(18-11-8-14(26)12-17(18)25)24(32)28(23(19)31)15-9-10-15/h3-8,11-12,15H,9-10H2,1-2H3. The highest BCUT2D eigenvalue weighted by Gasteiger charge is 2.33. The molecule has 0 aliphatic heterocycles. The highest BCUT2D eigenvalue weighted by atomic mass is 127. The molecule has 0 atom stereocenters. The Kier molecular flexibility index (Phi) is 5.90. The molecule has 0 amide bonds. The van der Waals surface area contributed by atoms with E-state index in [4.69, 9.17) is 4.18 Å². The minimum atomic E-state index is -4.45. The van der Waals surface area contributed by atoms with Gasteiger partial charge >= 0.3 is 15.8 Å². The topological polar surface area (TPSA) is 109 Å². The van der Waals surface area contributed by atoms with E-state index in [9.17, 15) is 22.8 Å². The summed E-state index contributed by atoms with van der Waals surface area (Å²) in [6.07, 6.45) is 1.11. The largest absolute Gasteiger partial charge is 0.377 e. The quantitative estimate of drug-likeness (QED) is 0.250. The molecule has 0 bridgehead atoms. The molecule has 2 aromatic heterocycles. The van der Waals surface area contributed by atoms with Crippen LogP contribution in [0.2, 0.25) is 0 Å². The number of fused-ring (bicyclic) bond motifs is 1. The summed E-state index contributed by atoms with van der Waals surface area (Å²) in [4.78, 5) is 40.2. The summed E-state index contributed by atoms with van der Waals surface area (Å²) in [6.45, 7) is 1.33. The zero-order valence-corrected chi connectivity index (χ0v) is 22.0. The zero-order valence-electron chi connectivity index (χ0n) is 19.1. The SMILES string of the molecule is Cc1c(OS(=O)(=O)c2ccccc2)c2c(=O)n(C3CC3)c(=O)n(-c3ccc(I)cc3F)c2n(C)c1=O. The van der Waals surface area contributed by atoms with Gasteiger partial charge in [0.1, 0.15) is 21.7 Å². The van der Waals surface area contributed by atoms with Crippen molar-refractivity contribution >= 4 is 43.7 Å². The van der Waals surface area contributed by atoms with Crippen molar-refractivity contribution in [2.45, 2.75) is 30.7 Å². The van der Waals surface area contributed by atoms with Gasteiger partial charge in [-0.3, -0.25) is 18.7 Å². The van der Waals surface area contributed by atoms with Crippen LogP contribution >= 0.6 is 22.6 Å². The molecule has 1 saturated carbocycles. The van der Waals surface area contributed by atoms with Crippen LogP contribution in [0.4, 0.5) is 4.39 Å². The van der Waals surface area contributed by atoms with Crippen molar-refractivity contribution in [3.8, 4) is 11.4 Å². The van der Waals surface area contributed by atoms with E-state index in [0.29, 0.717) is 16.4 Å². The number of hydrogen-bond acceptors (Lipinski definition) is 6. The third-order valence-corrected chi connectivity index (χ3v) is 7.97. The number of nitrogens with zero attached hydrogens (tertiary/aromatic N) is 3. The number of halogens is 2. The Hall–Kier alpha value is -3.26. The molecule has 12 heteroatoms. The summed E-state index contributed by atoms with van der Waals surface area (Å²) in [6, 6.07) is 11.0. The number of rotatable bonds is 5. The predicted octanol–water partition coefficient (Wildman–Crippen LogP) is 3.01. The minimum absolute atomic E-state index is 0.141. The van der Waals surface area contributed by atoms with Gasteiger partial charge in [-0.25, -0.2) is 13.8 Å². The molecule has 0 unspecified atom stereocenters. The van der Waals surface area contributed by atoms with Crippen LogP contribution in [0.3, 0.4) is 0 Å². The first-order chi connectivity index (χ1) is 17.0. The molecule has 4 aromatic rings. The average molecular weight is 623 g/mol. The highest BCUT2D eigenvalue weighted by molar-refractivity contribution is 14.1. The molecule has 5 rings (SSSR count). The van der Waals surface area contributed by atoms with Crippen molar-refractivity contribution in [2.24, 2.45) is 7.05 Å². The number of benzene rings is 2. The Morgan fingerprint density at radius 1 is 1.03 bits per heavy atom. The molecular formula is C24H19FIN3O6S. The van der Waals surface area contributed by atoms with Crippen molar-refractivity contribution in [3.63, 3.8) is 0 Å². The summed E-state index contributed by atoms with van der Waals surface area (Å²) in [5.41, 5.74) is -2.94. The molecule has 1 aliphatic rings. The van der Waals surface area contributed by atoms with Crippen LogP contribution in [0.1, 0.15) is 24.4 Å². The fourth-order valence-corrected chi connectivity index (χ4v) is 5.61. The Bertz CT molecular complexity index is 1840. The van der Waals surface area contributed by atoms with Crippen LogP contribution in [0.5, 0.6) is 5.75 Å². The predicted molar refractivity (Wildman–Crippen MR) is 139 cm³/mol. The molecule has 0 spiro atoms. The van der Waals surface area contributed by atoms with Gasteiger partial charge < -0.3 is 4.18 Å². The van der Waals surface area contributed by atoms with Crippen molar-refractivity contribution in [1.29, 1.82) is 0 Å². The second-order valence-corrected chi connectivity index (χ2v) is 11.3. The minimum Gasteiger partial charge on any atom is -0.377 e. The van der Waals surface area contributed by atoms with Gasteiger partial charge in [0, 0.05) is 16.7 Å². The molecule has 186 valence electrons. The fourth-order valence-electron chi connectivity index (χ4n) is 4.15. The van der Waals surface area contributed by atoms with E-state index in [0.717, 1.165) is 13.7 Å². The molecule has 0 saturated heterocycles. The first-order valence-corrected chi connectivity index (χ1v) is 13.4. The lowest BCUT2D eigenvalue weighted by molar-refractivity contribution is 0.484. The van der Waals surface area contributed by atoms with Crippen LogP contribution in [-0.2, 0) is 17.2 Å². The monoisotopic (exact) mass is 623 g/mol. The van der Waals surface area contributed by atoms with Crippen molar-refractivity contribution in [1.82, 2.24) is 13.7 Å². The first-order valence-electron chi connectivity index (χ1n) is 10.9. The van der Waals surface area contributed by atoms with Gasteiger partial charge in [0.15, 0.2) is 5.75 Å². The molecular weight excluding hydrogens is 604 g/mol. The number of hydrogen-bond donors (Lipinski definition) is 0. The molecule has 2 heterocycles. The number of aromatic nitrogens is 3. The van der Waals surface area contributed by atoms with Crippen molar-refractivity contribution < 1.29 is 17.0 Å². The third-order valence-electron chi connectivity index (χ3n) is 6.06. The van der Waals surface area contributed by atoms with Crippen LogP contribution in [-0.4, -0.2) is 22.1 Å². The lowest BCUT2D eigenvalue weighted by atomic mass is 10.2. The van der Waals surface area contributed by atoms with E-state index in [1.54, 1.807) is 12.1 Å². The van der Waals surface area contributed by atoms with Gasteiger partial charge in [-0.05, 0) is 72.7 Å². The molecule has 9 nitrogen and oxygen atoms in total. The van der Waals surface area contributed by atoms with Crippen LogP contribution in [0.15, 0.2) is 67.8 Å². The Labute approximate surface area is 217 Å². The zero-order chi connectivity index (χ0) is 25.9. The van der Waals surface area contributed by atoms with Gasteiger partial charge in [0.25, 0.3) is 11.1 Å². The molecule has 0 radical (unpaired) electrons. The third kappa shape index (κ3) is 3.88. The molecule has 0 N–H and O–H groups in total. The van der Waals surface area contributed by atoms with Gasteiger partial charge in [0.05, 0.1) is 11.3 Å². The Balaban J connectivity index is 1.95. The molecule has 36 heavy (non-hydrogen) atoms. The summed E-state index contributed by atoms with van der Waals surface area (Å²) in [5.74, 6) is -1.24. The van der Waals surface area contributed by atoms with Crippen molar-refractivity contribution in [3.05, 3.63) is 94.7 Å². The maximum Gasteiger partial charge on any atom is 0.339 e. The first kappa shape index (κ1) is 24.4. The average Bonchev–Trinajstić information content (AvgIpc) is 3.67. The summed E-state index contributed by atoms with van der Waals surface area (Å²) < 4.78 is 50.2. The van der Waals surface area contributed by atoms with Gasteiger partial charge in [-0.15, -0.1) is 0 Å². The second kappa shape index (κ2) is 8.69. The summed E-state index contributed by atoms with van der Waals surface area (Å²) in [7, 11) is -3.12. The van der Waals surface area contributed by atoms with Crippen molar-refractivity contribution in [2.75, 3.05) is 0 Å². The molecule has 1 aliphatic carbocycles. The van der Waals surface area contributed by atoms with Gasteiger partial charge in [-0.2, -0.15) is 8.42 Å².